The van der Waals surface area contributed by atoms with Crippen molar-refractivity contribution in [1.29, 1.82) is 0 Å². The molecule has 2 heterocycles. The maximum Gasteiger partial charge on any atom is 0.237 e. The second-order valence-electron chi connectivity index (χ2n) is 5.04. The van der Waals surface area contributed by atoms with Crippen LogP contribution in [0.5, 0.6) is 0 Å². The molecule has 0 spiro atoms. The van der Waals surface area contributed by atoms with Crippen LogP contribution in [0.3, 0.4) is 0 Å². The second kappa shape index (κ2) is 5.79. The van der Waals surface area contributed by atoms with Crippen molar-refractivity contribution in [2.45, 2.75) is 44.1 Å². The monoisotopic (exact) mass is 266 g/mol. The van der Waals surface area contributed by atoms with Crippen LogP contribution in [0.2, 0.25) is 0 Å². The molecule has 0 bridgehead atoms. The number of aromatic nitrogens is 2. The fraction of sp³-hybridized carbons (Fsp3) is 0.769. The molecule has 1 aliphatic heterocycles. The van der Waals surface area contributed by atoms with E-state index in [1.54, 1.807) is 0 Å². The molecular formula is C13H18N2O4. The highest BCUT2D eigenvalue weighted by molar-refractivity contribution is 5.84. The number of nitrogens with zero attached hydrogens (tertiary/aromatic N) is 2. The Labute approximate surface area is 111 Å². The number of rotatable bonds is 2. The van der Waals surface area contributed by atoms with Crippen molar-refractivity contribution in [2.75, 3.05) is 19.8 Å². The molecule has 1 aromatic rings. The van der Waals surface area contributed by atoms with Crippen LogP contribution in [-0.4, -0.2) is 35.7 Å². The van der Waals surface area contributed by atoms with Gasteiger partial charge in [-0.25, -0.2) is 0 Å². The fourth-order valence-electron chi connectivity index (χ4n) is 2.58. The minimum absolute atomic E-state index is 0.216. The lowest BCUT2D eigenvalue weighted by Crippen LogP contribution is -2.23. The molecule has 0 radical (unpaired) electrons. The molecule has 2 fully saturated rings. The molecule has 1 aromatic heterocycles. The molecule has 104 valence electrons. The molecule has 6 heteroatoms. The Morgan fingerprint density at radius 1 is 1.16 bits per heavy atom. The number of carbonyl (C=O) groups excluding carboxylic acids is 1. The number of carbonyl (C=O) groups is 1. The molecule has 2 atom stereocenters. The largest absolute Gasteiger partial charge is 0.376 e. The fourth-order valence-corrected chi connectivity index (χ4v) is 2.58. The highest BCUT2D eigenvalue weighted by Gasteiger charge is 2.30. The lowest BCUT2D eigenvalue weighted by molar-refractivity contribution is -0.120. The summed E-state index contributed by atoms with van der Waals surface area (Å²) in [6, 6.07) is 0. The van der Waals surface area contributed by atoms with Gasteiger partial charge in [0.05, 0.1) is 25.7 Å². The minimum atomic E-state index is -0.271. The van der Waals surface area contributed by atoms with Crippen molar-refractivity contribution in [1.82, 2.24) is 10.1 Å². The number of ketones is 1. The maximum atomic E-state index is 12.0. The van der Waals surface area contributed by atoms with Gasteiger partial charge in [-0.3, -0.25) is 4.79 Å². The van der Waals surface area contributed by atoms with E-state index >= 15 is 0 Å². The van der Waals surface area contributed by atoms with Gasteiger partial charge >= 0.3 is 0 Å². The van der Waals surface area contributed by atoms with Gasteiger partial charge in [0.25, 0.3) is 0 Å². The highest BCUT2D eigenvalue weighted by atomic mass is 16.6. The maximum absolute atomic E-state index is 12.0. The average Bonchev–Trinajstić information content (AvgIpc) is 2.83. The SMILES string of the molecule is O=C1CCCCCC1c1nc(C2COCCO2)no1. The third kappa shape index (κ3) is 2.84. The molecule has 2 aliphatic rings. The third-order valence-electron chi connectivity index (χ3n) is 3.66. The van der Waals surface area contributed by atoms with E-state index in [9.17, 15) is 4.79 Å². The summed E-state index contributed by atoms with van der Waals surface area (Å²) in [5.74, 6) is 0.921. The van der Waals surface area contributed by atoms with E-state index in [4.69, 9.17) is 14.0 Å². The number of ether oxygens (including phenoxy) is 2. The normalized spacial score (nSPS) is 29.2. The molecule has 2 unspecified atom stereocenters. The summed E-state index contributed by atoms with van der Waals surface area (Å²) in [5, 5.41) is 3.94. The van der Waals surface area contributed by atoms with Crippen molar-refractivity contribution in [2.24, 2.45) is 0 Å². The van der Waals surface area contributed by atoms with Gasteiger partial charge < -0.3 is 14.0 Å². The zero-order valence-electron chi connectivity index (χ0n) is 10.8. The van der Waals surface area contributed by atoms with Crippen molar-refractivity contribution in [3.8, 4) is 0 Å². The summed E-state index contributed by atoms with van der Waals surface area (Å²) in [7, 11) is 0. The van der Waals surface area contributed by atoms with E-state index in [-0.39, 0.29) is 17.8 Å². The predicted octanol–water partition coefficient (Wildman–Crippen LogP) is 1.77. The van der Waals surface area contributed by atoms with E-state index < -0.39 is 0 Å². The first kappa shape index (κ1) is 12.7. The van der Waals surface area contributed by atoms with Gasteiger partial charge in [-0.2, -0.15) is 4.98 Å². The Morgan fingerprint density at radius 2 is 2.11 bits per heavy atom. The van der Waals surface area contributed by atoms with Crippen LogP contribution in [-0.2, 0) is 14.3 Å². The predicted molar refractivity (Wildman–Crippen MR) is 64.6 cm³/mol. The van der Waals surface area contributed by atoms with E-state index in [0.717, 1.165) is 25.7 Å². The summed E-state index contributed by atoms with van der Waals surface area (Å²) in [6.45, 7) is 1.58. The Balaban J connectivity index is 1.74. The van der Waals surface area contributed by atoms with Crippen molar-refractivity contribution < 1.29 is 18.8 Å². The molecule has 3 rings (SSSR count). The first-order valence-corrected chi connectivity index (χ1v) is 6.90. The van der Waals surface area contributed by atoms with Crippen LogP contribution in [0.4, 0.5) is 0 Å². The Kier molecular flexibility index (Phi) is 3.89. The van der Waals surface area contributed by atoms with Crippen molar-refractivity contribution >= 4 is 5.78 Å². The van der Waals surface area contributed by atoms with Gasteiger partial charge in [-0.1, -0.05) is 18.0 Å². The summed E-state index contributed by atoms with van der Waals surface area (Å²) in [4.78, 5) is 16.4. The van der Waals surface area contributed by atoms with Crippen molar-refractivity contribution in [3.63, 3.8) is 0 Å². The molecule has 1 saturated carbocycles. The molecule has 1 aliphatic carbocycles. The summed E-state index contributed by atoms with van der Waals surface area (Å²) in [6.07, 6.45) is 4.26. The number of hydrogen-bond acceptors (Lipinski definition) is 6. The molecule has 0 aromatic carbocycles. The van der Waals surface area contributed by atoms with Gasteiger partial charge in [0.1, 0.15) is 11.9 Å². The van der Waals surface area contributed by atoms with Crippen LogP contribution < -0.4 is 0 Å². The van der Waals surface area contributed by atoms with E-state index in [0.29, 0.717) is 38.0 Å². The minimum Gasteiger partial charge on any atom is -0.376 e. The van der Waals surface area contributed by atoms with E-state index in [1.165, 1.54) is 0 Å². The lowest BCUT2D eigenvalue weighted by atomic mass is 9.99. The van der Waals surface area contributed by atoms with Gasteiger partial charge in [0, 0.05) is 6.42 Å². The molecule has 0 N–H and O–H groups in total. The highest BCUT2D eigenvalue weighted by Crippen LogP contribution is 2.29. The van der Waals surface area contributed by atoms with E-state index in [2.05, 4.69) is 10.1 Å². The third-order valence-corrected chi connectivity index (χ3v) is 3.66. The Hall–Kier alpha value is -1.27. The molecule has 19 heavy (non-hydrogen) atoms. The topological polar surface area (TPSA) is 74.5 Å². The molecular weight excluding hydrogens is 248 g/mol. The standard InChI is InChI=1S/C13H18N2O4/c16-10-5-3-1-2-4-9(10)13-14-12(15-19-13)11-8-17-6-7-18-11/h9,11H,1-8H2. The summed E-state index contributed by atoms with van der Waals surface area (Å²) >= 11 is 0. The van der Waals surface area contributed by atoms with Gasteiger partial charge in [0.15, 0.2) is 0 Å². The summed E-state index contributed by atoms with van der Waals surface area (Å²) in [5.41, 5.74) is 0. The second-order valence-corrected chi connectivity index (χ2v) is 5.04. The Bertz CT molecular complexity index is 440. The zero-order chi connectivity index (χ0) is 13.1. The number of Topliss-reactive ketones (excluding diaryl/α,β-unsaturated/α-hetero) is 1. The van der Waals surface area contributed by atoms with Crippen LogP contribution in [0.25, 0.3) is 0 Å². The van der Waals surface area contributed by atoms with Gasteiger partial charge in [-0.05, 0) is 12.8 Å². The molecule has 6 nitrogen and oxygen atoms in total. The first-order chi connectivity index (χ1) is 9.34. The van der Waals surface area contributed by atoms with Crippen molar-refractivity contribution in [3.05, 3.63) is 11.7 Å². The van der Waals surface area contributed by atoms with Gasteiger partial charge in [0.2, 0.25) is 11.7 Å². The van der Waals surface area contributed by atoms with Crippen LogP contribution in [0, 0.1) is 0 Å². The lowest BCUT2D eigenvalue weighted by Gasteiger charge is -2.19. The summed E-state index contributed by atoms with van der Waals surface area (Å²) < 4.78 is 16.1. The van der Waals surface area contributed by atoms with Crippen LogP contribution in [0.1, 0.15) is 55.8 Å². The van der Waals surface area contributed by atoms with Gasteiger partial charge in [-0.15, -0.1) is 0 Å². The smallest absolute Gasteiger partial charge is 0.237 e. The average molecular weight is 266 g/mol. The molecule has 1 saturated heterocycles. The number of hydrogen-bond donors (Lipinski definition) is 0. The molecule has 0 amide bonds. The van der Waals surface area contributed by atoms with Crippen LogP contribution >= 0.6 is 0 Å². The van der Waals surface area contributed by atoms with E-state index in [1.807, 2.05) is 0 Å². The Morgan fingerprint density at radius 3 is 2.95 bits per heavy atom. The zero-order valence-corrected chi connectivity index (χ0v) is 10.8. The first-order valence-electron chi connectivity index (χ1n) is 6.90. The van der Waals surface area contributed by atoms with Crippen LogP contribution in [0.15, 0.2) is 4.52 Å². The quantitative estimate of drug-likeness (QED) is 0.759.